The standard InChI is InChI=1S/C14H20N4O2/c1-3-11-14(20)17-13(19)9-18(11)8-10-5-6-12(15-4-2)16-7-10/h5-7,11H,3-4,8-9H2,1-2H3,(H,15,16)(H,17,19,20). The molecule has 0 aromatic carbocycles. The zero-order valence-corrected chi connectivity index (χ0v) is 11.8. The van der Waals surface area contributed by atoms with E-state index in [-0.39, 0.29) is 24.4 Å². The lowest BCUT2D eigenvalue weighted by molar-refractivity contribution is -0.140. The normalized spacial score (nSPS) is 19.8. The minimum absolute atomic E-state index is 0.207. The number of amides is 2. The molecule has 1 aromatic heterocycles. The zero-order valence-electron chi connectivity index (χ0n) is 11.8. The fraction of sp³-hybridized carbons (Fsp3) is 0.500. The van der Waals surface area contributed by atoms with Crippen molar-refractivity contribution < 1.29 is 9.59 Å². The van der Waals surface area contributed by atoms with Gasteiger partial charge in [-0.05, 0) is 25.0 Å². The smallest absolute Gasteiger partial charge is 0.243 e. The van der Waals surface area contributed by atoms with Crippen LogP contribution in [0.3, 0.4) is 0 Å². The summed E-state index contributed by atoms with van der Waals surface area (Å²) in [5, 5.41) is 5.51. The number of anilines is 1. The summed E-state index contributed by atoms with van der Waals surface area (Å²) in [6.45, 7) is 5.58. The van der Waals surface area contributed by atoms with Crippen LogP contribution < -0.4 is 10.6 Å². The number of nitrogens with one attached hydrogen (secondary N) is 2. The van der Waals surface area contributed by atoms with Gasteiger partial charge in [-0.1, -0.05) is 13.0 Å². The first-order valence-corrected chi connectivity index (χ1v) is 6.90. The van der Waals surface area contributed by atoms with Crippen LogP contribution in [0.15, 0.2) is 18.3 Å². The Morgan fingerprint density at radius 3 is 2.80 bits per heavy atom. The fourth-order valence-electron chi connectivity index (χ4n) is 2.37. The molecule has 1 atom stereocenters. The molecule has 1 unspecified atom stereocenters. The van der Waals surface area contributed by atoms with Crippen LogP contribution in [0.2, 0.25) is 0 Å². The van der Waals surface area contributed by atoms with Gasteiger partial charge in [-0.3, -0.25) is 19.8 Å². The van der Waals surface area contributed by atoms with Gasteiger partial charge in [-0.2, -0.15) is 0 Å². The van der Waals surface area contributed by atoms with Gasteiger partial charge in [0.05, 0.1) is 12.6 Å². The van der Waals surface area contributed by atoms with Gasteiger partial charge in [0.25, 0.3) is 0 Å². The lowest BCUT2D eigenvalue weighted by Gasteiger charge is -2.33. The molecule has 1 fully saturated rings. The topological polar surface area (TPSA) is 74.3 Å². The van der Waals surface area contributed by atoms with E-state index in [0.717, 1.165) is 17.9 Å². The Labute approximate surface area is 118 Å². The molecule has 2 rings (SSSR count). The van der Waals surface area contributed by atoms with Crippen LogP contribution in [0.5, 0.6) is 0 Å². The maximum absolute atomic E-state index is 11.8. The predicted molar refractivity (Wildman–Crippen MR) is 76.0 cm³/mol. The highest BCUT2D eigenvalue weighted by Gasteiger charge is 2.32. The molecule has 20 heavy (non-hydrogen) atoms. The van der Waals surface area contributed by atoms with Crippen LogP contribution >= 0.6 is 0 Å². The third-order valence-corrected chi connectivity index (χ3v) is 3.31. The first kappa shape index (κ1) is 14.5. The van der Waals surface area contributed by atoms with E-state index in [4.69, 9.17) is 0 Å². The summed E-state index contributed by atoms with van der Waals surface area (Å²) in [5.74, 6) is 0.383. The summed E-state index contributed by atoms with van der Waals surface area (Å²) in [4.78, 5) is 29.4. The number of piperazine rings is 1. The Hall–Kier alpha value is -1.95. The second-order valence-corrected chi connectivity index (χ2v) is 4.82. The van der Waals surface area contributed by atoms with Crippen LogP contribution in [0, 0.1) is 0 Å². The maximum Gasteiger partial charge on any atom is 0.243 e. The van der Waals surface area contributed by atoms with Crippen molar-refractivity contribution in [3.63, 3.8) is 0 Å². The van der Waals surface area contributed by atoms with Gasteiger partial charge in [0.15, 0.2) is 0 Å². The van der Waals surface area contributed by atoms with Crippen molar-refractivity contribution in [1.29, 1.82) is 0 Å². The van der Waals surface area contributed by atoms with Crippen molar-refractivity contribution in [2.24, 2.45) is 0 Å². The lowest BCUT2D eigenvalue weighted by Crippen LogP contribution is -2.57. The molecule has 1 aliphatic heterocycles. The maximum atomic E-state index is 11.8. The predicted octanol–water partition coefficient (Wildman–Crippen LogP) is 0.750. The molecule has 6 heteroatoms. The van der Waals surface area contributed by atoms with Crippen molar-refractivity contribution in [2.75, 3.05) is 18.4 Å². The van der Waals surface area contributed by atoms with E-state index in [1.54, 1.807) is 6.20 Å². The number of rotatable bonds is 5. The van der Waals surface area contributed by atoms with Gasteiger partial charge in [-0.25, -0.2) is 4.98 Å². The summed E-state index contributed by atoms with van der Waals surface area (Å²) >= 11 is 0. The van der Waals surface area contributed by atoms with Gasteiger partial charge >= 0.3 is 0 Å². The highest BCUT2D eigenvalue weighted by atomic mass is 16.2. The molecule has 0 saturated carbocycles. The quantitative estimate of drug-likeness (QED) is 0.776. The molecule has 1 saturated heterocycles. The second-order valence-electron chi connectivity index (χ2n) is 4.82. The number of carbonyl (C=O) groups is 2. The molecule has 1 aliphatic rings. The Morgan fingerprint density at radius 2 is 2.20 bits per heavy atom. The van der Waals surface area contributed by atoms with Gasteiger partial charge in [0, 0.05) is 19.3 Å². The number of carbonyl (C=O) groups excluding carboxylic acids is 2. The van der Waals surface area contributed by atoms with E-state index in [9.17, 15) is 9.59 Å². The van der Waals surface area contributed by atoms with Crippen LogP contribution in [0.4, 0.5) is 5.82 Å². The molecule has 6 nitrogen and oxygen atoms in total. The third kappa shape index (κ3) is 3.33. The highest BCUT2D eigenvalue weighted by Crippen LogP contribution is 2.14. The second kappa shape index (κ2) is 6.47. The van der Waals surface area contributed by atoms with E-state index in [1.165, 1.54) is 0 Å². The average Bonchev–Trinajstić information content (AvgIpc) is 2.41. The Morgan fingerprint density at radius 1 is 1.40 bits per heavy atom. The van der Waals surface area contributed by atoms with Crippen molar-refractivity contribution in [2.45, 2.75) is 32.9 Å². The first-order chi connectivity index (χ1) is 9.63. The van der Waals surface area contributed by atoms with E-state index < -0.39 is 0 Å². The van der Waals surface area contributed by atoms with E-state index in [1.807, 2.05) is 30.9 Å². The number of hydrogen-bond acceptors (Lipinski definition) is 5. The third-order valence-electron chi connectivity index (χ3n) is 3.31. The minimum atomic E-state index is -0.249. The zero-order chi connectivity index (χ0) is 14.5. The molecule has 0 spiro atoms. The van der Waals surface area contributed by atoms with Crippen LogP contribution in [-0.4, -0.2) is 40.8 Å². The first-order valence-electron chi connectivity index (χ1n) is 6.90. The van der Waals surface area contributed by atoms with Crippen molar-refractivity contribution in [1.82, 2.24) is 15.2 Å². The number of pyridine rings is 1. The van der Waals surface area contributed by atoms with E-state index >= 15 is 0 Å². The van der Waals surface area contributed by atoms with Gasteiger partial charge in [0.1, 0.15) is 5.82 Å². The van der Waals surface area contributed by atoms with Crippen molar-refractivity contribution in [3.8, 4) is 0 Å². The number of nitrogens with zero attached hydrogens (tertiary/aromatic N) is 2. The average molecular weight is 276 g/mol. The molecular formula is C14H20N4O2. The van der Waals surface area contributed by atoms with Crippen LogP contribution in [-0.2, 0) is 16.1 Å². The summed E-state index contributed by atoms with van der Waals surface area (Å²) < 4.78 is 0. The summed E-state index contributed by atoms with van der Waals surface area (Å²) in [7, 11) is 0. The fourth-order valence-corrected chi connectivity index (χ4v) is 2.37. The Kier molecular flexibility index (Phi) is 4.68. The van der Waals surface area contributed by atoms with Gasteiger partial charge in [-0.15, -0.1) is 0 Å². The largest absolute Gasteiger partial charge is 0.370 e. The molecule has 2 N–H and O–H groups in total. The van der Waals surface area contributed by atoms with E-state index in [0.29, 0.717) is 13.0 Å². The highest BCUT2D eigenvalue weighted by molar-refractivity contribution is 6.01. The lowest BCUT2D eigenvalue weighted by atomic mass is 10.1. The van der Waals surface area contributed by atoms with Crippen molar-refractivity contribution >= 4 is 17.6 Å². The Bertz CT molecular complexity index is 486. The summed E-state index contributed by atoms with van der Waals surface area (Å²) in [6.07, 6.45) is 2.46. The van der Waals surface area contributed by atoms with E-state index in [2.05, 4.69) is 15.6 Å². The molecule has 0 radical (unpaired) electrons. The molecule has 1 aromatic rings. The molecule has 2 heterocycles. The monoisotopic (exact) mass is 276 g/mol. The number of imide groups is 1. The number of aromatic nitrogens is 1. The summed E-state index contributed by atoms with van der Waals surface area (Å²) in [6, 6.07) is 3.63. The Balaban J connectivity index is 2.06. The number of hydrogen-bond donors (Lipinski definition) is 2. The van der Waals surface area contributed by atoms with Crippen molar-refractivity contribution in [3.05, 3.63) is 23.9 Å². The molecular weight excluding hydrogens is 256 g/mol. The van der Waals surface area contributed by atoms with Crippen LogP contribution in [0.25, 0.3) is 0 Å². The SMILES string of the molecule is CCNc1ccc(CN2CC(=O)NC(=O)C2CC)cn1. The molecule has 2 amide bonds. The van der Waals surface area contributed by atoms with Gasteiger partial charge < -0.3 is 5.32 Å². The minimum Gasteiger partial charge on any atom is -0.370 e. The molecule has 0 bridgehead atoms. The van der Waals surface area contributed by atoms with Gasteiger partial charge in [0.2, 0.25) is 11.8 Å². The summed E-state index contributed by atoms with van der Waals surface area (Å²) in [5.41, 5.74) is 0.993. The molecule has 0 aliphatic carbocycles. The van der Waals surface area contributed by atoms with Crippen LogP contribution in [0.1, 0.15) is 25.8 Å². The molecule has 108 valence electrons.